The normalized spacial score (nSPS) is 16.8. The summed E-state index contributed by atoms with van der Waals surface area (Å²) in [5.74, 6) is 1.15. The van der Waals surface area contributed by atoms with E-state index in [1.165, 1.54) is 12.8 Å². The second-order valence-corrected chi connectivity index (χ2v) is 5.70. The van der Waals surface area contributed by atoms with Crippen LogP contribution in [0.15, 0.2) is 0 Å². The fourth-order valence-corrected chi connectivity index (χ4v) is 2.30. The van der Waals surface area contributed by atoms with Crippen LogP contribution in [0, 0.1) is 17.3 Å². The van der Waals surface area contributed by atoms with Gasteiger partial charge in [-0.2, -0.15) is 0 Å². The summed E-state index contributed by atoms with van der Waals surface area (Å²) in [6, 6.07) is 0. The van der Waals surface area contributed by atoms with E-state index in [1.807, 2.05) is 6.92 Å². The molecule has 2 atom stereocenters. The summed E-state index contributed by atoms with van der Waals surface area (Å²) < 4.78 is 0. The molecule has 0 aromatic rings. The monoisotopic (exact) mass is 216 g/mol. The molecule has 2 heteroatoms. The van der Waals surface area contributed by atoms with E-state index in [9.17, 15) is 0 Å². The SMILES string of the molecule is CCC(CC)CC(C(C)OO)C(C)(C)C. The Balaban J connectivity index is 4.51. The Labute approximate surface area is 95.0 Å². The molecule has 0 saturated heterocycles. The summed E-state index contributed by atoms with van der Waals surface area (Å²) >= 11 is 0. The van der Waals surface area contributed by atoms with Gasteiger partial charge in [-0.1, -0.05) is 47.5 Å². The zero-order valence-electron chi connectivity index (χ0n) is 11.2. The maximum atomic E-state index is 8.83. The van der Waals surface area contributed by atoms with E-state index in [4.69, 9.17) is 5.26 Å². The Morgan fingerprint density at radius 2 is 1.60 bits per heavy atom. The molecule has 1 N–H and O–H groups in total. The topological polar surface area (TPSA) is 29.5 Å². The molecule has 2 nitrogen and oxygen atoms in total. The van der Waals surface area contributed by atoms with Crippen molar-refractivity contribution in [3.63, 3.8) is 0 Å². The van der Waals surface area contributed by atoms with Crippen molar-refractivity contribution in [2.75, 3.05) is 0 Å². The molecule has 0 aromatic carbocycles. The molecule has 0 heterocycles. The predicted octanol–water partition coefficient (Wildman–Crippen LogP) is 4.35. The standard InChI is InChI=1S/C13H28O2/c1-7-11(8-2)9-12(10(3)15-14)13(4,5)6/h10-12,14H,7-9H2,1-6H3. The lowest BCUT2D eigenvalue weighted by Crippen LogP contribution is -2.33. The highest BCUT2D eigenvalue weighted by molar-refractivity contribution is 4.80. The van der Waals surface area contributed by atoms with Gasteiger partial charge in [0.25, 0.3) is 0 Å². The van der Waals surface area contributed by atoms with Crippen molar-refractivity contribution in [3.05, 3.63) is 0 Å². The van der Waals surface area contributed by atoms with Crippen LogP contribution in [0.3, 0.4) is 0 Å². The molecule has 0 aliphatic carbocycles. The molecular weight excluding hydrogens is 188 g/mol. The third-order valence-electron chi connectivity index (χ3n) is 3.59. The summed E-state index contributed by atoms with van der Waals surface area (Å²) in [4.78, 5) is 4.53. The molecular formula is C13H28O2. The van der Waals surface area contributed by atoms with Crippen molar-refractivity contribution in [3.8, 4) is 0 Å². The minimum absolute atomic E-state index is 0.0781. The van der Waals surface area contributed by atoms with Crippen LogP contribution in [-0.4, -0.2) is 11.4 Å². The highest BCUT2D eigenvalue weighted by atomic mass is 17.1. The quantitative estimate of drug-likeness (QED) is 0.528. The van der Waals surface area contributed by atoms with Gasteiger partial charge in [0, 0.05) is 0 Å². The highest BCUT2D eigenvalue weighted by Gasteiger charge is 2.32. The number of hydrogen-bond acceptors (Lipinski definition) is 2. The third kappa shape index (κ3) is 4.98. The molecule has 0 fully saturated rings. The van der Waals surface area contributed by atoms with Gasteiger partial charge >= 0.3 is 0 Å². The minimum Gasteiger partial charge on any atom is -0.252 e. The fourth-order valence-electron chi connectivity index (χ4n) is 2.30. The van der Waals surface area contributed by atoms with E-state index in [-0.39, 0.29) is 11.5 Å². The highest BCUT2D eigenvalue weighted by Crippen LogP contribution is 2.36. The van der Waals surface area contributed by atoms with Crippen molar-refractivity contribution in [1.82, 2.24) is 0 Å². The van der Waals surface area contributed by atoms with Crippen LogP contribution < -0.4 is 0 Å². The molecule has 2 unspecified atom stereocenters. The Kier molecular flexibility index (Phi) is 6.46. The predicted molar refractivity (Wildman–Crippen MR) is 64.8 cm³/mol. The minimum atomic E-state index is -0.0781. The van der Waals surface area contributed by atoms with Crippen molar-refractivity contribution < 1.29 is 10.1 Å². The zero-order chi connectivity index (χ0) is 12.1. The molecule has 0 aromatic heterocycles. The fraction of sp³-hybridized carbons (Fsp3) is 1.00. The van der Waals surface area contributed by atoms with Gasteiger partial charge in [-0.25, -0.2) is 4.89 Å². The van der Waals surface area contributed by atoms with E-state index in [2.05, 4.69) is 39.5 Å². The van der Waals surface area contributed by atoms with E-state index in [0.29, 0.717) is 5.92 Å². The van der Waals surface area contributed by atoms with E-state index >= 15 is 0 Å². The molecule has 0 aliphatic heterocycles. The van der Waals surface area contributed by atoms with Crippen LogP contribution in [0.25, 0.3) is 0 Å². The summed E-state index contributed by atoms with van der Waals surface area (Å²) in [5.41, 5.74) is 0.185. The Morgan fingerprint density at radius 3 is 1.87 bits per heavy atom. The molecule has 15 heavy (non-hydrogen) atoms. The zero-order valence-corrected chi connectivity index (χ0v) is 11.2. The largest absolute Gasteiger partial charge is 0.252 e. The molecule has 0 rings (SSSR count). The summed E-state index contributed by atoms with van der Waals surface area (Å²) in [6.07, 6.45) is 3.48. The first-order valence-corrected chi connectivity index (χ1v) is 6.16. The average molecular weight is 216 g/mol. The van der Waals surface area contributed by atoms with Crippen LogP contribution in [-0.2, 0) is 4.89 Å². The first-order valence-electron chi connectivity index (χ1n) is 6.16. The molecule has 0 spiro atoms. The third-order valence-corrected chi connectivity index (χ3v) is 3.59. The maximum Gasteiger partial charge on any atom is 0.0932 e. The van der Waals surface area contributed by atoms with Gasteiger partial charge in [0.1, 0.15) is 0 Å². The van der Waals surface area contributed by atoms with Crippen molar-refractivity contribution in [2.45, 2.75) is 66.9 Å². The maximum absolute atomic E-state index is 8.83. The lowest BCUT2D eigenvalue weighted by molar-refractivity contribution is -0.293. The Hall–Kier alpha value is -0.0800. The second kappa shape index (κ2) is 6.49. The average Bonchev–Trinajstić information content (AvgIpc) is 2.16. The van der Waals surface area contributed by atoms with Gasteiger partial charge in [-0.05, 0) is 30.6 Å². The van der Waals surface area contributed by atoms with Gasteiger partial charge in [-0.3, -0.25) is 5.26 Å². The first-order chi connectivity index (χ1) is 6.86. The molecule has 92 valence electrons. The molecule has 0 saturated carbocycles. The lowest BCUT2D eigenvalue weighted by atomic mass is 9.72. The Morgan fingerprint density at radius 1 is 1.13 bits per heavy atom. The van der Waals surface area contributed by atoms with Gasteiger partial charge in [0.2, 0.25) is 0 Å². The van der Waals surface area contributed by atoms with Crippen molar-refractivity contribution in [1.29, 1.82) is 0 Å². The smallest absolute Gasteiger partial charge is 0.0932 e. The number of rotatable bonds is 6. The van der Waals surface area contributed by atoms with Crippen molar-refractivity contribution >= 4 is 0 Å². The number of hydrogen-bond donors (Lipinski definition) is 1. The first kappa shape index (κ1) is 14.9. The van der Waals surface area contributed by atoms with E-state index < -0.39 is 0 Å². The molecule has 0 aliphatic rings. The van der Waals surface area contributed by atoms with Crippen LogP contribution in [0.2, 0.25) is 0 Å². The van der Waals surface area contributed by atoms with Crippen LogP contribution in [0.4, 0.5) is 0 Å². The van der Waals surface area contributed by atoms with Gasteiger partial charge in [0.15, 0.2) is 0 Å². The second-order valence-electron chi connectivity index (χ2n) is 5.70. The summed E-state index contributed by atoms with van der Waals surface area (Å²) in [7, 11) is 0. The Bertz CT molecular complexity index is 156. The van der Waals surface area contributed by atoms with E-state index in [0.717, 1.165) is 12.3 Å². The summed E-state index contributed by atoms with van der Waals surface area (Å²) in [5, 5.41) is 8.83. The van der Waals surface area contributed by atoms with Crippen LogP contribution in [0.5, 0.6) is 0 Å². The summed E-state index contributed by atoms with van der Waals surface area (Å²) in [6.45, 7) is 13.1. The molecule has 0 amide bonds. The molecule has 0 radical (unpaired) electrons. The van der Waals surface area contributed by atoms with Gasteiger partial charge < -0.3 is 0 Å². The van der Waals surface area contributed by atoms with Gasteiger partial charge in [-0.15, -0.1) is 0 Å². The molecule has 0 bridgehead atoms. The van der Waals surface area contributed by atoms with E-state index in [1.54, 1.807) is 0 Å². The lowest BCUT2D eigenvalue weighted by Gasteiger charge is -2.36. The van der Waals surface area contributed by atoms with Crippen LogP contribution in [0.1, 0.15) is 60.8 Å². The van der Waals surface area contributed by atoms with Crippen LogP contribution >= 0.6 is 0 Å². The van der Waals surface area contributed by atoms with Gasteiger partial charge in [0.05, 0.1) is 6.10 Å². The van der Waals surface area contributed by atoms with Crippen molar-refractivity contribution in [2.24, 2.45) is 17.3 Å².